The van der Waals surface area contributed by atoms with Gasteiger partial charge in [0.25, 0.3) is 0 Å². The van der Waals surface area contributed by atoms with E-state index in [2.05, 4.69) is 39.9 Å². The van der Waals surface area contributed by atoms with Crippen molar-refractivity contribution in [2.45, 2.75) is 11.7 Å². The summed E-state index contributed by atoms with van der Waals surface area (Å²) in [6.45, 7) is 0.926. The van der Waals surface area contributed by atoms with E-state index in [1.165, 1.54) is 23.3 Å². The first-order valence-electron chi connectivity index (χ1n) is 5.93. The third-order valence-corrected chi connectivity index (χ3v) is 4.27. The van der Waals surface area contributed by atoms with Gasteiger partial charge in [0.1, 0.15) is 0 Å². The standard InChI is InChI=1S/C13H19N3S/c1-14-13(15-2)16-9-12-11-6-4-3-5-10(11)7-8-17-12/h3-6,12H,7-9H2,1-2H3,(H2,14,15,16)/t12-/m1/s1. The van der Waals surface area contributed by atoms with Crippen LogP contribution in [-0.4, -0.2) is 32.4 Å². The van der Waals surface area contributed by atoms with Crippen LogP contribution in [0.4, 0.5) is 0 Å². The highest BCUT2D eigenvalue weighted by atomic mass is 32.2. The lowest BCUT2D eigenvalue weighted by atomic mass is 10.0. The fourth-order valence-corrected chi connectivity index (χ4v) is 3.35. The number of nitrogens with one attached hydrogen (secondary N) is 2. The first-order valence-corrected chi connectivity index (χ1v) is 6.98. The van der Waals surface area contributed by atoms with Crippen LogP contribution in [0.25, 0.3) is 0 Å². The molecule has 1 aromatic rings. The predicted molar refractivity (Wildman–Crippen MR) is 75.8 cm³/mol. The lowest BCUT2D eigenvalue weighted by molar-refractivity contribution is 0.801. The molecule has 92 valence electrons. The summed E-state index contributed by atoms with van der Waals surface area (Å²) in [5.41, 5.74) is 2.97. The van der Waals surface area contributed by atoms with E-state index in [4.69, 9.17) is 0 Å². The highest BCUT2D eigenvalue weighted by Crippen LogP contribution is 2.35. The Morgan fingerprint density at radius 1 is 1.47 bits per heavy atom. The Balaban J connectivity index is 2.04. The highest BCUT2D eigenvalue weighted by molar-refractivity contribution is 7.99. The van der Waals surface area contributed by atoms with Gasteiger partial charge < -0.3 is 10.6 Å². The topological polar surface area (TPSA) is 36.4 Å². The first kappa shape index (κ1) is 12.3. The third-order valence-electron chi connectivity index (χ3n) is 3.01. The second kappa shape index (κ2) is 5.96. The molecule has 3 nitrogen and oxygen atoms in total. The van der Waals surface area contributed by atoms with Gasteiger partial charge in [-0.3, -0.25) is 4.99 Å². The molecule has 0 amide bonds. The zero-order valence-corrected chi connectivity index (χ0v) is 11.2. The van der Waals surface area contributed by atoms with Gasteiger partial charge in [0.2, 0.25) is 0 Å². The molecule has 0 aliphatic carbocycles. The van der Waals surface area contributed by atoms with Crippen molar-refractivity contribution in [3.63, 3.8) is 0 Å². The number of aryl methyl sites for hydroxylation is 1. The van der Waals surface area contributed by atoms with Crippen molar-refractivity contribution in [3.8, 4) is 0 Å². The van der Waals surface area contributed by atoms with Gasteiger partial charge in [0.05, 0.1) is 0 Å². The molecule has 4 heteroatoms. The third kappa shape index (κ3) is 2.94. The second-order valence-electron chi connectivity index (χ2n) is 4.01. The maximum absolute atomic E-state index is 4.13. The highest BCUT2D eigenvalue weighted by Gasteiger charge is 2.20. The summed E-state index contributed by atoms with van der Waals surface area (Å²) in [4.78, 5) is 4.13. The molecule has 0 aromatic heterocycles. The van der Waals surface area contributed by atoms with Crippen molar-refractivity contribution in [2.24, 2.45) is 4.99 Å². The Bertz CT molecular complexity index is 403. The number of hydrogen-bond acceptors (Lipinski definition) is 2. The molecule has 0 bridgehead atoms. The van der Waals surface area contributed by atoms with Crippen LogP contribution in [-0.2, 0) is 6.42 Å². The Morgan fingerprint density at radius 3 is 3.06 bits per heavy atom. The summed E-state index contributed by atoms with van der Waals surface area (Å²) in [5, 5.41) is 6.93. The van der Waals surface area contributed by atoms with Gasteiger partial charge in [0.15, 0.2) is 5.96 Å². The van der Waals surface area contributed by atoms with Crippen LogP contribution < -0.4 is 10.6 Å². The summed E-state index contributed by atoms with van der Waals surface area (Å²) in [5.74, 6) is 2.07. The Morgan fingerprint density at radius 2 is 2.29 bits per heavy atom. The molecule has 0 saturated carbocycles. The summed E-state index contributed by atoms with van der Waals surface area (Å²) >= 11 is 2.02. The van der Waals surface area contributed by atoms with Crippen LogP contribution in [0.5, 0.6) is 0 Å². The molecule has 0 spiro atoms. The van der Waals surface area contributed by atoms with Gasteiger partial charge in [-0.25, -0.2) is 0 Å². The molecular weight excluding hydrogens is 230 g/mol. The van der Waals surface area contributed by atoms with E-state index in [0.29, 0.717) is 5.25 Å². The summed E-state index contributed by atoms with van der Waals surface area (Å²) in [6.07, 6.45) is 1.19. The Kier molecular flexibility index (Phi) is 4.31. The van der Waals surface area contributed by atoms with Gasteiger partial charge in [0, 0.05) is 25.9 Å². The van der Waals surface area contributed by atoms with Crippen molar-refractivity contribution in [1.82, 2.24) is 10.6 Å². The molecule has 0 radical (unpaired) electrons. The van der Waals surface area contributed by atoms with Crippen LogP contribution >= 0.6 is 11.8 Å². The molecule has 1 aromatic carbocycles. The van der Waals surface area contributed by atoms with Gasteiger partial charge in [-0.1, -0.05) is 24.3 Å². The molecule has 0 fully saturated rings. The van der Waals surface area contributed by atoms with E-state index < -0.39 is 0 Å². The van der Waals surface area contributed by atoms with Crippen LogP contribution in [0.1, 0.15) is 16.4 Å². The number of thioether (sulfide) groups is 1. The lowest BCUT2D eigenvalue weighted by Gasteiger charge is -2.25. The van der Waals surface area contributed by atoms with Crippen LogP contribution in [0.3, 0.4) is 0 Å². The molecule has 1 aliphatic rings. The molecule has 17 heavy (non-hydrogen) atoms. The number of aliphatic imine (C=N–C) groups is 1. The number of hydrogen-bond donors (Lipinski definition) is 2. The largest absolute Gasteiger partial charge is 0.359 e. The quantitative estimate of drug-likeness (QED) is 0.620. The minimum Gasteiger partial charge on any atom is -0.359 e. The van der Waals surface area contributed by atoms with Gasteiger partial charge in [-0.2, -0.15) is 11.8 Å². The number of benzene rings is 1. The van der Waals surface area contributed by atoms with E-state index >= 15 is 0 Å². The Hall–Kier alpha value is -1.16. The average molecular weight is 249 g/mol. The van der Waals surface area contributed by atoms with Crippen molar-refractivity contribution < 1.29 is 0 Å². The van der Waals surface area contributed by atoms with Gasteiger partial charge >= 0.3 is 0 Å². The van der Waals surface area contributed by atoms with Crippen molar-refractivity contribution >= 4 is 17.7 Å². The molecule has 2 rings (SSSR count). The summed E-state index contributed by atoms with van der Waals surface area (Å²) in [6, 6.07) is 8.75. The average Bonchev–Trinajstić information content (AvgIpc) is 2.40. The van der Waals surface area contributed by atoms with Gasteiger partial charge in [-0.05, 0) is 23.3 Å². The first-order chi connectivity index (χ1) is 8.35. The zero-order valence-electron chi connectivity index (χ0n) is 10.4. The lowest BCUT2D eigenvalue weighted by Crippen LogP contribution is -2.37. The van der Waals surface area contributed by atoms with E-state index in [-0.39, 0.29) is 0 Å². The summed E-state index contributed by atoms with van der Waals surface area (Å²) < 4.78 is 0. The summed E-state index contributed by atoms with van der Waals surface area (Å²) in [7, 11) is 3.68. The Labute approximate surface area is 107 Å². The molecule has 0 saturated heterocycles. The zero-order chi connectivity index (χ0) is 12.1. The fourth-order valence-electron chi connectivity index (χ4n) is 2.11. The minimum absolute atomic E-state index is 0.532. The maximum atomic E-state index is 4.13. The minimum atomic E-state index is 0.532. The molecule has 0 unspecified atom stereocenters. The number of fused-ring (bicyclic) bond motifs is 1. The number of rotatable bonds is 2. The van der Waals surface area contributed by atoms with Gasteiger partial charge in [-0.15, -0.1) is 0 Å². The molecule has 1 heterocycles. The van der Waals surface area contributed by atoms with Crippen molar-refractivity contribution in [3.05, 3.63) is 35.4 Å². The normalized spacial score (nSPS) is 19.6. The maximum Gasteiger partial charge on any atom is 0.190 e. The smallest absolute Gasteiger partial charge is 0.190 e. The number of guanidine groups is 1. The van der Waals surface area contributed by atoms with Crippen molar-refractivity contribution in [1.29, 1.82) is 0 Å². The van der Waals surface area contributed by atoms with Crippen LogP contribution in [0, 0.1) is 0 Å². The monoisotopic (exact) mass is 249 g/mol. The van der Waals surface area contributed by atoms with Crippen LogP contribution in [0.15, 0.2) is 29.3 Å². The molecular formula is C13H19N3S. The predicted octanol–water partition coefficient (Wildman–Crippen LogP) is 1.81. The molecule has 1 aliphatic heterocycles. The number of nitrogens with zero attached hydrogens (tertiary/aromatic N) is 1. The second-order valence-corrected chi connectivity index (χ2v) is 5.32. The molecule has 1 atom stereocenters. The van der Waals surface area contributed by atoms with E-state index in [1.54, 1.807) is 7.05 Å². The van der Waals surface area contributed by atoms with E-state index in [1.807, 2.05) is 18.8 Å². The van der Waals surface area contributed by atoms with E-state index in [9.17, 15) is 0 Å². The molecule has 2 N–H and O–H groups in total. The van der Waals surface area contributed by atoms with Crippen molar-refractivity contribution in [2.75, 3.05) is 26.4 Å². The SMILES string of the molecule is CN=C(NC)NC[C@H]1SCCc2ccccc21. The fraction of sp³-hybridized carbons (Fsp3) is 0.462. The van der Waals surface area contributed by atoms with E-state index in [0.717, 1.165) is 12.5 Å². The van der Waals surface area contributed by atoms with Crippen LogP contribution in [0.2, 0.25) is 0 Å².